The molecule has 0 spiro atoms. The van der Waals surface area contributed by atoms with Gasteiger partial charge in [-0.2, -0.15) is 0 Å². The van der Waals surface area contributed by atoms with Crippen LogP contribution < -0.4 is 26.6 Å². The van der Waals surface area contributed by atoms with E-state index in [0.717, 1.165) is 27.5 Å². The predicted octanol–water partition coefficient (Wildman–Crippen LogP) is 7.35. The van der Waals surface area contributed by atoms with Gasteiger partial charge in [-0.3, -0.25) is 0 Å². The van der Waals surface area contributed by atoms with E-state index in [9.17, 15) is 0 Å². The molecule has 3 aliphatic heterocycles. The summed E-state index contributed by atoms with van der Waals surface area (Å²) in [5.41, 5.74) is 15.6. The quantitative estimate of drug-likeness (QED) is 0.229. The van der Waals surface area contributed by atoms with Crippen LogP contribution in [0.15, 0.2) is 120 Å². The molecule has 0 amide bonds. The molecule has 0 bridgehead atoms. The molecular formula is C36H20BN3O. The fourth-order valence-corrected chi connectivity index (χ4v) is 7.98. The predicted molar refractivity (Wildman–Crippen MR) is 171 cm³/mol. The number of anilines is 5. The third-order valence-corrected chi connectivity index (χ3v) is 9.49. The summed E-state index contributed by atoms with van der Waals surface area (Å²) in [6.45, 7) is 0.148. The molecular weight excluding hydrogens is 501 g/mol. The van der Waals surface area contributed by atoms with Crippen LogP contribution in [-0.2, 0) is 0 Å². The highest BCUT2D eigenvalue weighted by Crippen LogP contribution is 2.46. The summed E-state index contributed by atoms with van der Waals surface area (Å²) in [5.74, 6) is 0. The van der Waals surface area contributed by atoms with Crippen LogP contribution in [0.25, 0.3) is 49.4 Å². The molecule has 0 fully saturated rings. The Hall–Kier alpha value is -5.42. The van der Waals surface area contributed by atoms with E-state index in [1.807, 2.05) is 6.07 Å². The second kappa shape index (κ2) is 6.83. The lowest BCUT2D eigenvalue weighted by Crippen LogP contribution is -2.63. The summed E-state index contributed by atoms with van der Waals surface area (Å²) >= 11 is 0. The van der Waals surface area contributed by atoms with Gasteiger partial charge in [0.15, 0.2) is 5.58 Å². The number of rotatable bonds is 1. The van der Waals surface area contributed by atoms with Crippen molar-refractivity contribution in [3.8, 4) is 5.69 Å². The zero-order chi connectivity index (χ0) is 26.4. The van der Waals surface area contributed by atoms with Gasteiger partial charge in [-0.15, -0.1) is 0 Å². The number of fused-ring (bicyclic) bond motifs is 8. The van der Waals surface area contributed by atoms with Gasteiger partial charge in [0.25, 0.3) is 6.71 Å². The number of hydrogen-bond acceptors (Lipinski definition) is 3. The maximum Gasteiger partial charge on any atom is 0.257 e. The Morgan fingerprint density at radius 3 is 2.15 bits per heavy atom. The number of nitrogens with zero attached hydrogens (tertiary/aromatic N) is 2. The third-order valence-electron chi connectivity index (χ3n) is 9.49. The SMILES string of the molecule is c1ccc(N2c3cccc4c3B3c5c2cccc5-n2c5c3c(ccc5c3ccc5c6ccccc6oc5c32)N4)cc1. The molecule has 0 saturated heterocycles. The molecule has 5 heterocycles. The first-order valence-electron chi connectivity index (χ1n) is 14.2. The minimum Gasteiger partial charge on any atom is -0.454 e. The smallest absolute Gasteiger partial charge is 0.257 e. The van der Waals surface area contributed by atoms with Crippen LogP contribution >= 0.6 is 0 Å². The zero-order valence-electron chi connectivity index (χ0n) is 21.8. The van der Waals surface area contributed by atoms with Crippen molar-refractivity contribution in [1.82, 2.24) is 4.57 Å². The Kier molecular flexibility index (Phi) is 3.41. The average Bonchev–Trinajstić information content (AvgIpc) is 3.57. The third kappa shape index (κ3) is 2.26. The molecule has 4 nitrogen and oxygen atoms in total. The van der Waals surface area contributed by atoms with Gasteiger partial charge in [-0.1, -0.05) is 60.7 Å². The van der Waals surface area contributed by atoms with E-state index in [0.29, 0.717) is 0 Å². The minimum absolute atomic E-state index is 0.148. The molecule has 0 radical (unpaired) electrons. The second-order valence-corrected chi connectivity index (χ2v) is 11.4. The van der Waals surface area contributed by atoms with Crippen LogP contribution in [0.1, 0.15) is 0 Å². The molecule has 8 aromatic rings. The standard InChI is InChI=1S/C36H20BN3O/c1-2-8-20(9-3-1)39-27-12-6-11-25-31(27)37-32-26(38-25)19-18-22-23-16-17-24-21-10-4-5-15-30(21)41-36(24)35(23)40(34(22)32)29-14-7-13-28(39)33(29)37/h1-19,38H. The summed E-state index contributed by atoms with van der Waals surface area (Å²) in [6.07, 6.45) is 0. The summed E-state index contributed by atoms with van der Waals surface area (Å²) in [6, 6.07) is 41.7. The van der Waals surface area contributed by atoms with Crippen LogP contribution in [0.5, 0.6) is 0 Å². The van der Waals surface area contributed by atoms with E-state index < -0.39 is 0 Å². The fourth-order valence-electron chi connectivity index (χ4n) is 7.98. The van der Waals surface area contributed by atoms with Crippen molar-refractivity contribution in [2.24, 2.45) is 0 Å². The van der Waals surface area contributed by atoms with Gasteiger partial charge in [0.05, 0.1) is 11.0 Å². The minimum atomic E-state index is 0.148. The Morgan fingerprint density at radius 1 is 0.512 bits per heavy atom. The van der Waals surface area contributed by atoms with Crippen molar-refractivity contribution in [3.05, 3.63) is 115 Å². The van der Waals surface area contributed by atoms with Crippen molar-refractivity contribution < 1.29 is 4.42 Å². The van der Waals surface area contributed by atoms with Crippen LogP contribution in [0.4, 0.5) is 28.4 Å². The molecule has 2 aromatic heterocycles. The number of nitrogens with one attached hydrogen (secondary N) is 1. The number of para-hydroxylation sites is 2. The van der Waals surface area contributed by atoms with Gasteiger partial charge in [0, 0.05) is 55.7 Å². The van der Waals surface area contributed by atoms with Crippen LogP contribution in [0.2, 0.25) is 0 Å². The van der Waals surface area contributed by atoms with E-state index in [1.54, 1.807) is 0 Å². The summed E-state index contributed by atoms with van der Waals surface area (Å²) in [7, 11) is 0. The van der Waals surface area contributed by atoms with Crippen LogP contribution in [0, 0.1) is 0 Å². The second-order valence-electron chi connectivity index (χ2n) is 11.4. The van der Waals surface area contributed by atoms with Crippen molar-refractivity contribution >= 4 is 95.3 Å². The van der Waals surface area contributed by atoms with E-state index in [-0.39, 0.29) is 6.71 Å². The normalized spacial score (nSPS) is 14.0. The van der Waals surface area contributed by atoms with Crippen molar-refractivity contribution in [2.45, 2.75) is 0 Å². The molecule has 188 valence electrons. The van der Waals surface area contributed by atoms with Crippen molar-refractivity contribution in [3.63, 3.8) is 0 Å². The number of benzene rings is 6. The lowest BCUT2D eigenvalue weighted by Gasteiger charge is -2.43. The first kappa shape index (κ1) is 20.5. The van der Waals surface area contributed by atoms with E-state index in [1.165, 1.54) is 66.8 Å². The first-order chi connectivity index (χ1) is 20.4. The molecule has 41 heavy (non-hydrogen) atoms. The Bertz CT molecular complexity index is 2470. The van der Waals surface area contributed by atoms with Crippen LogP contribution in [-0.4, -0.2) is 11.3 Å². The van der Waals surface area contributed by atoms with Crippen molar-refractivity contribution in [2.75, 3.05) is 10.2 Å². The first-order valence-corrected chi connectivity index (χ1v) is 14.2. The van der Waals surface area contributed by atoms with E-state index in [4.69, 9.17) is 4.42 Å². The topological polar surface area (TPSA) is 33.3 Å². The van der Waals surface area contributed by atoms with E-state index >= 15 is 0 Å². The van der Waals surface area contributed by atoms with Gasteiger partial charge in [-0.25, -0.2) is 0 Å². The highest BCUT2D eigenvalue weighted by atomic mass is 16.3. The molecule has 3 aliphatic rings. The number of aromatic nitrogens is 1. The molecule has 5 heteroatoms. The summed E-state index contributed by atoms with van der Waals surface area (Å²) in [4.78, 5) is 2.44. The van der Waals surface area contributed by atoms with Gasteiger partial charge in [-0.05, 0) is 71.0 Å². The number of hydrogen-bond donors (Lipinski definition) is 1. The Morgan fingerprint density at radius 2 is 1.22 bits per heavy atom. The number of furan rings is 1. The summed E-state index contributed by atoms with van der Waals surface area (Å²) in [5, 5.41) is 8.65. The highest BCUT2D eigenvalue weighted by molar-refractivity contribution is 7.02. The lowest BCUT2D eigenvalue weighted by molar-refractivity contribution is 0.671. The summed E-state index contributed by atoms with van der Waals surface area (Å²) < 4.78 is 9.15. The molecule has 0 atom stereocenters. The molecule has 6 aromatic carbocycles. The highest BCUT2D eigenvalue weighted by Gasteiger charge is 2.46. The monoisotopic (exact) mass is 521 g/mol. The Balaban J connectivity index is 1.38. The van der Waals surface area contributed by atoms with Crippen molar-refractivity contribution in [1.29, 1.82) is 0 Å². The van der Waals surface area contributed by atoms with Gasteiger partial charge in [0.2, 0.25) is 0 Å². The maximum absolute atomic E-state index is 6.66. The molecule has 11 rings (SSSR count). The molecule has 0 aliphatic carbocycles. The van der Waals surface area contributed by atoms with Gasteiger partial charge >= 0.3 is 0 Å². The van der Waals surface area contributed by atoms with Gasteiger partial charge in [0.1, 0.15) is 5.58 Å². The van der Waals surface area contributed by atoms with E-state index in [2.05, 4.69) is 124 Å². The lowest BCUT2D eigenvalue weighted by atomic mass is 9.32. The zero-order valence-corrected chi connectivity index (χ0v) is 21.8. The average molecular weight is 521 g/mol. The maximum atomic E-state index is 6.66. The molecule has 1 N–H and O–H groups in total. The van der Waals surface area contributed by atoms with Crippen LogP contribution in [0.3, 0.4) is 0 Å². The molecule has 0 unspecified atom stereocenters. The molecule has 0 saturated carbocycles. The van der Waals surface area contributed by atoms with Gasteiger partial charge < -0.3 is 19.2 Å². The Labute approximate surface area is 235 Å². The largest absolute Gasteiger partial charge is 0.454 e. The fraction of sp³-hybridized carbons (Fsp3) is 0.